The van der Waals surface area contributed by atoms with E-state index in [1.54, 1.807) is 0 Å². The number of nitrogens with one attached hydrogen (secondary N) is 1. The summed E-state index contributed by atoms with van der Waals surface area (Å²) in [6.45, 7) is 2.86. The quantitative estimate of drug-likeness (QED) is 0.912. The predicted octanol–water partition coefficient (Wildman–Crippen LogP) is 3.33. The summed E-state index contributed by atoms with van der Waals surface area (Å²) >= 11 is 3.42. The highest BCUT2D eigenvalue weighted by Crippen LogP contribution is 2.19. The molecule has 1 fully saturated rings. The normalized spacial score (nSPS) is 17.1. The molecule has 0 saturated heterocycles. The number of aromatic nitrogens is 1. The van der Waals surface area contributed by atoms with Gasteiger partial charge in [0.25, 0.3) is 5.91 Å². The highest BCUT2D eigenvalue weighted by molar-refractivity contribution is 9.10. The van der Waals surface area contributed by atoms with E-state index in [0.717, 1.165) is 29.6 Å². The van der Waals surface area contributed by atoms with Crippen LogP contribution in [0.3, 0.4) is 0 Å². The SMILES string of the molecule is CCn1cc(Br)cc1C(=O)NC1CCCCC1. The van der Waals surface area contributed by atoms with Crippen molar-refractivity contribution in [3.63, 3.8) is 0 Å². The lowest BCUT2D eigenvalue weighted by molar-refractivity contribution is 0.0918. The Morgan fingerprint density at radius 2 is 2.18 bits per heavy atom. The standard InChI is InChI=1S/C13H19BrN2O/c1-2-16-9-10(14)8-12(16)13(17)15-11-6-4-3-5-7-11/h8-9,11H,2-7H2,1H3,(H,15,17). The number of halogens is 1. The number of hydrogen-bond acceptors (Lipinski definition) is 1. The van der Waals surface area contributed by atoms with Gasteiger partial charge in [0.05, 0.1) is 0 Å². The Balaban J connectivity index is 2.02. The van der Waals surface area contributed by atoms with Gasteiger partial charge in [-0.2, -0.15) is 0 Å². The first kappa shape index (κ1) is 12.7. The van der Waals surface area contributed by atoms with Crippen molar-refractivity contribution in [2.45, 2.75) is 51.6 Å². The van der Waals surface area contributed by atoms with Gasteiger partial charge >= 0.3 is 0 Å². The van der Waals surface area contributed by atoms with Crippen molar-refractivity contribution >= 4 is 21.8 Å². The van der Waals surface area contributed by atoms with Crippen molar-refractivity contribution in [2.24, 2.45) is 0 Å². The summed E-state index contributed by atoms with van der Waals surface area (Å²) in [6.07, 6.45) is 7.99. The lowest BCUT2D eigenvalue weighted by Crippen LogP contribution is -2.37. The fourth-order valence-corrected chi connectivity index (χ4v) is 2.90. The summed E-state index contributed by atoms with van der Waals surface area (Å²) in [5.41, 5.74) is 0.755. The van der Waals surface area contributed by atoms with Gasteiger partial charge in [-0.05, 0) is 41.8 Å². The minimum absolute atomic E-state index is 0.0597. The summed E-state index contributed by atoms with van der Waals surface area (Å²) in [7, 11) is 0. The summed E-state index contributed by atoms with van der Waals surface area (Å²) in [5, 5.41) is 3.14. The van der Waals surface area contributed by atoms with Crippen molar-refractivity contribution in [1.29, 1.82) is 0 Å². The van der Waals surface area contributed by atoms with Gasteiger partial charge in [0, 0.05) is 23.3 Å². The summed E-state index contributed by atoms with van der Waals surface area (Å²) in [4.78, 5) is 12.2. The maximum absolute atomic E-state index is 12.2. The van der Waals surface area contributed by atoms with E-state index >= 15 is 0 Å². The van der Waals surface area contributed by atoms with Gasteiger partial charge < -0.3 is 9.88 Å². The molecule has 0 unspecified atom stereocenters. The molecule has 1 saturated carbocycles. The van der Waals surface area contributed by atoms with Crippen LogP contribution in [0.25, 0.3) is 0 Å². The molecule has 1 amide bonds. The first-order valence-corrected chi connectivity index (χ1v) is 7.16. The number of carbonyl (C=O) groups is 1. The zero-order valence-corrected chi connectivity index (χ0v) is 11.8. The topological polar surface area (TPSA) is 34.0 Å². The molecule has 1 aliphatic carbocycles. The third-order valence-electron chi connectivity index (χ3n) is 3.38. The molecule has 1 aromatic heterocycles. The zero-order valence-electron chi connectivity index (χ0n) is 10.2. The molecule has 94 valence electrons. The molecule has 0 aromatic carbocycles. The van der Waals surface area contributed by atoms with Crippen LogP contribution in [0.5, 0.6) is 0 Å². The van der Waals surface area contributed by atoms with E-state index in [0.29, 0.717) is 6.04 Å². The summed E-state index contributed by atoms with van der Waals surface area (Å²) in [6, 6.07) is 2.26. The Morgan fingerprint density at radius 1 is 1.47 bits per heavy atom. The molecule has 1 aliphatic rings. The van der Waals surface area contributed by atoms with Gasteiger partial charge in [-0.15, -0.1) is 0 Å². The van der Waals surface area contributed by atoms with E-state index in [9.17, 15) is 4.79 Å². The van der Waals surface area contributed by atoms with Crippen molar-refractivity contribution in [3.8, 4) is 0 Å². The second kappa shape index (κ2) is 5.71. The van der Waals surface area contributed by atoms with Crippen LogP contribution in [-0.2, 0) is 6.54 Å². The van der Waals surface area contributed by atoms with Crippen molar-refractivity contribution in [2.75, 3.05) is 0 Å². The Labute approximate surface area is 111 Å². The highest BCUT2D eigenvalue weighted by Gasteiger charge is 2.18. The van der Waals surface area contributed by atoms with Crippen molar-refractivity contribution in [3.05, 3.63) is 22.4 Å². The van der Waals surface area contributed by atoms with Crippen LogP contribution in [0.2, 0.25) is 0 Å². The fourth-order valence-electron chi connectivity index (χ4n) is 2.43. The van der Waals surface area contributed by atoms with Crippen LogP contribution in [0.4, 0.5) is 0 Å². The molecule has 1 aromatic rings. The molecular formula is C13H19BrN2O. The smallest absolute Gasteiger partial charge is 0.268 e. The second-order valence-corrected chi connectivity index (χ2v) is 5.55. The van der Waals surface area contributed by atoms with Crippen molar-refractivity contribution < 1.29 is 4.79 Å². The Morgan fingerprint density at radius 3 is 2.82 bits per heavy atom. The molecule has 2 rings (SSSR count). The van der Waals surface area contributed by atoms with Crippen molar-refractivity contribution in [1.82, 2.24) is 9.88 Å². The molecule has 17 heavy (non-hydrogen) atoms. The van der Waals surface area contributed by atoms with Crippen LogP contribution in [0.15, 0.2) is 16.7 Å². The molecule has 0 aliphatic heterocycles. The molecule has 0 spiro atoms. The highest BCUT2D eigenvalue weighted by atomic mass is 79.9. The number of aryl methyl sites for hydroxylation is 1. The molecule has 0 radical (unpaired) electrons. The van der Waals surface area contributed by atoms with E-state index in [1.165, 1.54) is 19.3 Å². The zero-order chi connectivity index (χ0) is 12.3. The van der Waals surface area contributed by atoms with Gasteiger partial charge in [0.15, 0.2) is 0 Å². The lowest BCUT2D eigenvalue weighted by atomic mass is 9.95. The molecule has 3 nitrogen and oxygen atoms in total. The monoisotopic (exact) mass is 298 g/mol. The number of amides is 1. The molecular weight excluding hydrogens is 280 g/mol. The van der Waals surface area contributed by atoms with E-state index in [4.69, 9.17) is 0 Å². The number of carbonyl (C=O) groups excluding carboxylic acids is 1. The first-order chi connectivity index (χ1) is 8.20. The maximum Gasteiger partial charge on any atom is 0.268 e. The van der Waals surface area contributed by atoms with E-state index in [-0.39, 0.29) is 5.91 Å². The minimum atomic E-state index is 0.0597. The van der Waals surface area contributed by atoms with Crippen LogP contribution in [-0.4, -0.2) is 16.5 Å². The predicted molar refractivity (Wildman–Crippen MR) is 72.1 cm³/mol. The third-order valence-corrected chi connectivity index (χ3v) is 3.81. The number of rotatable bonds is 3. The summed E-state index contributed by atoms with van der Waals surface area (Å²) < 4.78 is 2.94. The average Bonchev–Trinajstić information content (AvgIpc) is 2.72. The van der Waals surface area contributed by atoms with Crippen LogP contribution >= 0.6 is 15.9 Å². The number of hydrogen-bond donors (Lipinski definition) is 1. The molecule has 1 N–H and O–H groups in total. The van der Waals surface area contributed by atoms with Crippen LogP contribution in [0.1, 0.15) is 49.5 Å². The average molecular weight is 299 g/mol. The fraction of sp³-hybridized carbons (Fsp3) is 0.615. The van der Waals surface area contributed by atoms with E-state index in [1.807, 2.05) is 23.8 Å². The third kappa shape index (κ3) is 3.12. The molecule has 0 atom stereocenters. The maximum atomic E-state index is 12.2. The van der Waals surface area contributed by atoms with E-state index in [2.05, 4.69) is 21.2 Å². The van der Waals surface area contributed by atoms with E-state index < -0.39 is 0 Å². The lowest BCUT2D eigenvalue weighted by Gasteiger charge is -2.22. The second-order valence-electron chi connectivity index (χ2n) is 4.64. The Kier molecular flexibility index (Phi) is 4.26. The van der Waals surface area contributed by atoms with Gasteiger partial charge in [-0.1, -0.05) is 19.3 Å². The van der Waals surface area contributed by atoms with Crippen LogP contribution in [0, 0.1) is 0 Å². The van der Waals surface area contributed by atoms with Gasteiger partial charge in [-0.3, -0.25) is 4.79 Å². The molecule has 0 bridgehead atoms. The van der Waals surface area contributed by atoms with Gasteiger partial charge in [0.1, 0.15) is 5.69 Å². The van der Waals surface area contributed by atoms with Gasteiger partial charge in [-0.25, -0.2) is 0 Å². The molecule has 4 heteroatoms. The largest absolute Gasteiger partial charge is 0.348 e. The first-order valence-electron chi connectivity index (χ1n) is 6.37. The minimum Gasteiger partial charge on any atom is -0.348 e. The Bertz CT molecular complexity index is 394. The summed E-state index contributed by atoms with van der Waals surface area (Å²) in [5.74, 6) is 0.0597. The van der Waals surface area contributed by atoms with Crippen LogP contribution < -0.4 is 5.32 Å². The van der Waals surface area contributed by atoms with Gasteiger partial charge in [0.2, 0.25) is 0 Å². The number of nitrogens with zero attached hydrogens (tertiary/aromatic N) is 1. The Hall–Kier alpha value is -0.770. The molecule has 1 heterocycles.